The van der Waals surface area contributed by atoms with Crippen molar-refractivity contribution in [2.75, 3.05) is 26.2 Å². The number of imide groups is 1. The normalized spacial score (nSPS) is 13.2. The summed E-state index contributed by atoms with van der Waals surface area (Å²) >= 11 is 1.76. The van der Waals surface area contributed by atoms with Gasteiger partial charge in [-0.2, -0.15) is 0 Å². The van der Waals surface area contributed by atoms with E-state index in [1.807, 2.05) is 13.1 Å². The highest BCUT2D eigenvalue weighted by Crippen LogP contribution is 2.22. The molecule has 2 aromatic rings. The smallest absolute Gasteiger partial charge is 0.261 e. The number of fused-ring (bicyclic) bond motifs is 1. The molecule has 1 aliphatic heterocycles. The van der Waals surface area contributed by atoms with Crippen molar-refractivity contribution < 1.29 is 9.59 Å². The van der Waals surface area contributed by atoms with Gasteiger partial charge in [0.1, 0.15) is 0 Å². The number of rotatable bonds is 10. The van der Waals surface area contributed by atoms with Gasteiger partial charge in [0.2, 0.25) is 0 Å². The van der Waals surface area contributed by atoms with Gasteiger partial charge in [0.05, 0.1) is 16.1 Å². The van der Waals surface area contributed by atoms with Gasteiger partial charge in [0, 0.05) is 43.7 Å². The lowest BCUT2D eigenvalue weighted by Crippen LogP contribution is -2.38. The quantitative estimate of drug-likeness (QED) is 0.154. The largest absolute Gasteiger partial charge is 0.357 e. The monoisotopic (exact) mass is 555 g/mol. The number of amides is 2. The molecule has 0 atom stereocenters. The van der Waals surface area contributed by atoms with Crippen LogP contribution in [0.4, 0.5) is 0 Å². The summed E-state index contributed by atoms with van der Waals surface area (Å²) in [5, 5.41) is 7.72. The number of aryl methyl sites for hydroxylation is 1. The summed E-state index contributed by atoms with van der Waals surface area (Å²) in [5.41, 5.74) is 1.01. The number of halogens is 1. The molecule has 2 amide bonds. The number of carbonyl (C=O) groups excluding carboxylic acids is 2. The topological polar surface area (TPSA) is 86.7 Å². The van der Waals surface area contributed by atoms with Gasteiger partial charge in [0.25, 0.3) is 11.8 Å². The molecular formula is C22H30IN5O2S. The molecule has 1 aromatic heterocycles. The molecule has 31 heavy (non-hydrogen) atoms. The molecule has 1 aliphatic rings. The van der Waals surface area contributed by atoms with Crippen LogP contribution in [0.25, 0.3) is 0 Å². The fourth-order valence-electron chi connectivity index (χ4n) is 3.27. The Hall–Kier alpha value is -2.01. The van der Waals surface area contributed by atoms with Gasteiger partial charge >= 0.3 is 0 Å². The van der Waals surface area contributed by atoms with Crippen molar-refractivity contribution in [1.29, 1.82) is 0 Å². The third kappa shape index (κ3) is 6.73. The number of aliphatic imine (C=N–C) groups is 1. The van der Waals surface area contributed by atoms with Crippen molar-refractivity contribution in [3.05, 3.63) is 51.5 Å². The summed E-state index contributed by atoms with van der Waals surface area (Å²) in [4.78, 5) is 36.4. The van der Waals surface area contributed by atoms with E-state index in [1.54, 1.807) is 35.6 Å². The molecule has 0 aliphatic carbocycles. The molecule has 0 spiro atoms. The second-order valence-electron chi connectivity index (χ2n) is 7.03. The zero-order valence-electron chi connectivity index (χ0n) is 18.0. The molecule has 9 heteroatoms. The summed E-state index contributed by atoms with van der Waals surface area (Å²) in [7, 11) is 0. The zero-order chi connectivity index (χ0) is 21.3. The van der Waals surface area contributed by atoms with Crippen molar-refractivity contribution in [3.63, 3.8) is 0 Å². The van der Waals surface area contributed by atoms with Gasteiger partial charge in [-0.1, -0.05) is 19.1 Å². The van der Waals surface area contributed by atoms with Crippen LogP contribution in [-0.2, 0) is 12.8 Å². The number of nitrogens with one attached hydrogen (secondary N) is 2. The third-order valence-electron chi connectivity index (χ3n) is 4.86. The van der Waals surface area contributed by atoms with Crippen molar-refractivity contribution in [3.8, 4) is 0 Å². The third-order valence-corrected chi connectivity index (χ3v) is 6.06. The number of carbonyl (C=O) groups is 2. The van der Waals surface area contributed by atoms with Crippen LogP contribution in [-0.4, -0.2) is 53.8 Å². The lowest BCUT2D eigenvalue weighted by molar-refractivity contribution is 0.0652. The van der Waals surface area contributed by atoms with Crippen LogP contribution in [0.15, 0.2) is 35.5 Å². The predicted molar refractivity (Wildman–Crippen MR) is 136 cm³/mol. The average Bonchev–Trinajstić information content (AvgIpc) is 3.32. The molecule has 0 fully saturated rings. The Morgan fingerprint density at radius 1 is 1.10 bits per heavy atom. The molecule has 0 saturated carbocycles. The Morgan fingerprint density at radius 3 is 2.42 bits per heavy atom. The first-order chi connectivity index (χ1) is 14.6. The van der Waals surface area contributed by atoms with E-state index in [4.69, 9.17) is 0 Å². The molecule has 0 saturated heterocycles. The van der Waals surface area contributed by atoms with Gasteiger partial charge < -0.3 is 10.6 Å². The van der Waals surface area contributed by atoms with Crippen LogP contribution in [0.1, 0.15) is 57.3 Å². The lowest BCUT2D eigenvalue weighted by Gasteiger charge is -2.13. The number of hydrogen-bond acceptors (Lipinski definition) is 5. The molecular weight excluding hydrogens is 525 g/mol. The van der Waals surface area contributed by atoms with Crippen LogP contribution in [0.5, 0.6) is 0 Å². The predicted octanol–water partition coefficient (Wildman–Crippen LogP) is 3.50. The Morgan fingerprint density at radius 2 is 1.81 bits per heavy atom. The lowest BCUT2D eigenvalue weighted by atomic mass is 10.1. The van der Waals surface area contributed by atoms with Crippen molar-refractivity contribution >= 4 is 53.1 Å². The van der Waals surface area contributed by atoms with Crippen LogP contribution in [0.3, 0.4) is 0 Å². The van der Waals surface area contributed by atoms with Crippen LogP contribution >= 0.6 is 35.3 Å². The summed E-state index contributed by atoms with van der Waals surface area (Å²) in [6.45, 7) is 6.80. The van der Waals surface area contributed by atoms with Crippen LogP contribution < -0.4 is 10.6 Å². The van der Waals surface area contributed by atoms with E-state index in [9.17, 15) is 9.59 Å². The summed E-state index contributed by atoms with van der Waals surface area (Å²) in [6, 6.07) is 7.00. The van der Waals surface area contributed by atoms with Crippen molar-refractivity contribution in [2.24, 2.45) is 4.99 Å². The Bertz CT molecular complexity index is 880. The maximum Gasteiger partial charge on any atom is 0.261 e. The first-order valence-corrected chi connectivity index (χ1v) is 11.4. The van der Waals surface area contributed by atoms with Gasteiger partial charge in [-0.3, -0.25) is 19.5 Å². The zero-order valence-corrected chi connectivity index (χ0v) is 21.2. The highest BCUT2D eigenvalue weighted by atomic mass is 127. The number of aromatic nitrogens is 1. The molecule has 0 radical (unpaired) electrons. The van der Waals surface area contributed by atoms with E-state index < -0.39 is 0 Å². The summed E-state index contributed by atoms with van der Waals surface area (Å²) < 4.78 is 0. The Kier molecular flexibility index (Phi) is 10.4. The molecule has 0 bridgehead atoms. The van der Waals surface area contributed by atoms with Crippen molar-refractivity contribution in [2.45, 2.75) is 39.5 Å². The molecule has 168 valence electrons. The molecule has 1 aromatic carbocycles. The molecule has 2 N–H and O–H groups in total. The van der Waals surface area contributed by atoms with Gasteiger partial charge in [-0.05, 0) is 38.3 Å². The average molecular weight is 555 g/mol. The van der Waals surface area contributed by atoms with E-state index >= 15 is 0 Å². The van der Waals surface area contributed by atoms with Gasteiger partial charge in [-0.25, -0.2) is 4.98 Å². The number of benzene rings is 1. The maximum atomic E-state index is 12.4. The highest BCUT2D eigenvalue weighted by molar-refractivity contribution is 14.0. The fourth-order valence-corrected chi connectivity index (χ4v) is 4.13. The number of unbranched alkanes of at least 4 members (excludes halogenated alkanes) is 1. The second kappa shape index (κ2) is 12.7. The number of thiazole rings is 1. The molecule has 7 nitrogen and oxygen atoms in total. The van der Waals surface area contributed by atoms with E-state index in [2.05, 4.69) is 27.5 Å². The minimum absolute atomic E-state index is 0. The second-order valence-corrected chi connectivity index (χ2v) is 8.23. The summed E-state index contributed by atoms with van der Waals surface area (Å²) in [5.74, 6) is 0.399. The van der Waals surface area contributed by atoms with Crippen LogP contribution in [0, 0.1) is 0 Å². The number of hydrogen-bond donors (Lipinski definition) is 2. The standard InChI is InChI=1S/C22H29N5O2S.HI/c1-3-16-15-26-19(30-16)11-13-25-22(23-4-2)24-12-7-8-14-27-20(28)17-9-5-6-10-18(17)21(27)29;/h5-6,9-10,15H,3-4,7-8,11-14H2,1-2H3,(H2,23,24,25);1H. The first-order valence-electron chi connectivity index (χ1n) is 10.5. The first kappa shape index (κ1) is 25.3. The molecule has 3 rings (SSSR count). The minimum atomic E-state index is -0.192. The SMILES string of the molecule is CCNC(=NCCCCN1C(=O)c2ccccc2C1=O)NCCc1ncc(CC)s1.I. The number of guanidine groups is 1. The summed E-state index contributed by atoms with van der Waals surface area (Å²) in [6.07, 6.45) is 5.38. The molecule has 2 heterocycles. The fraction of sp³-hybridized carbons (Fsp3) is 0.455. The Labute approximate surface area is 204 Å². The van der Waals surface area contributed by atoms with E-state index in [0.717, 1.165) is 49.7 Å². The number of nitrogens with zero attached hydrogens (tertiary/aromatic N) is 3. The van der Waals surface area contributed by atoms with Gasteiger partial charge in [-0.15, -0.1) is 35.3 Å². The van der Waals surface area contributed by atoms with E-state index in [0.29, 0.717) is 24.2 Å². The Balaban J connectivity index is 0.00000341. The maximum absolute atomic E-state index is 12.4. The van der Waals surface area contributed by atoms with Gasteiger partial charge in [0.15, 0.2) is 5.96 Å². The van der Waals surface area contributed by atoms with Crippen LogP contribution in [0.2, 0.25) is 0 Å². The van der Waals surface area contributed by atoms with E-state index in [-0.39, 0.29) is 35.8 Å². The molecule has 0 unspecified atom stereocenters. The minimum Gasteiger partial charge on any atom is -0.357 e. The van der Waals surface area contributed by atoms with E-state index in [1.165, 1.54) is 9.78 Å². The highest BCUT2D eigenvalue weighted by Gasteiger charge is 2.34. The van der Waals surface area contributed by atoms with Crippen molar-refractivity contribution in [1.82, 2.24) is 20.5 Å².